The maximum Gasteiger partial charge on any atom is 0.310 e. The molecule has 3 heterocycles. The highest BCUT2D eigenvalue weighted by Crippen LogP contribution is 2.69. The number of carbonyl (C=O) groups is 1. The number of carbonyl (C=O) groups excluding carboxylic acids is 1. The molecule has 0 spiro atoms. The van der Waals surface area contributed by atoms with Crippen molar-refractivity contribution in [3.63, 3.8) is 0 Å². The molecule has 6 unspecified atom stereocenters. The summed E-state index contributed by atoms with van der Waals surface area (Å²) >= 11 is 2.04. The zero-order valence-electron chi connectivity index (χ0n) is 11.3. The number of ether oxygens (including phenoxy) is 1. The Hall–Kier alpha value is -0.180. The Morgan fingerprint density at radius 2 is 1.76 bits per heavy atom. The number of fused-ring (bicyclic) bond motifs is 1. The molecule has 0 aromatic rings. The van der Waals surface area contributed by atoms with Gasteiger partial charge in [0.25, 0.3) is 0 Å². The summed E-state index contributed by atoms with van der Waals surface area (Å²) in [4.78, 5) is 12.1. The van der Waals surface area contributed by atoms with E-state index >= 15 is 0 Å². The highest BCUT2D eigenvalue weighted by molar-refractivity contribution is 8.02. The maximum atomic E-state index is 12.1. The Bertz CT molecular complexity index is 365. The summed E-state index contributed by atoms with van der Waals surface area (Å²) in [5.41, 5.74) is 0. The molecule has 3 aliphatic rings. The minimum absolute atomic E-state index is 0.0816. The summed E-state index contributed by atoms with van der Waals surface area (Å²) in [6, 6.07) is 0. The lowest BCUT2D eigenvalue weighted by atomic mass is 9.61. The predicted octanol–water partition coefficient (Wildman–Crippen LogP) is 2.96. The van der Waals surface area contributed by atoms with Crippen LogP contribution in [0.3, 0.4) is 0 Å². The van der Waals surface area contributed by atoms with Gasteiger partial charge in [0.05, 0.1) is 11.2 Å². The standard InChI is InChI=1S/C14H22O2S/c1-6(2)9-8-12-11(16-13(8)15)10(7(3)4)14(9,5)17-12/h6-12H,1-5H3. The quantitative estimate of drug-likeness (QED) is 0.709. The van der Waals surface area contributed by atoms with Gasteiger partial charge >= 0.3 is 5.97 Å². The fourth-order valence-corrected chi connectivity index (χ4v) is 7.37. The predicted molar refractivity (Wildman–Crippen MR) is 69.8 cm³/mol. The first-order valence-corrected chi connectivity index (χ1v) is 7.64. The van der Waals surface area contributed by atoms with Crippen LogP contribution in [0.25, 0.3) is 0 Å². The van der Waals surface area contributed by atoms with E-state index in [1.807, 2.05) is 11.8 Å². The van der Waals surface area contributed by atoms with Gasteiger partial charge in [-0.3, -0.25) is 4.79 Å². The molecule has 0 N–H and O–H groups in total. The van der Waals surface area contributed by atoms with Crippen molar-refractivity contribution in [2.45, 2.75) is 50.7 Å². The molecule has 6 atom stereocenters. The Labute approximate surface area is 108 Å². The van der Waals surface area contributed by atoms with Gasteiger partial charge in [-0.15, -0.1) is 11.8 Å². The zero-order valence-corrected chi connectivity index (χ0v) is 12.1. The third kappa shape index (κ3) is 1.27. The lowest BCUT2D eigenvalue weighted by Gasteiger charge is -2.42. The van der Waals surface area contributed by atoms with Crippen molar-refractivity contribution in [1.29, 1.82) is 0 Å². The van der Waals surface area contributed by atoms with Crippen LogP contribution in [-0.4, -0.2) is 22.1 Å². The lowest BCUT2D eigenvalue weighted by molar-refractivity contribution is -0.145. The smallest absolute Gasteiger partial charge is 0.310 e. The molecule has 0 aliphatic carbocycles. The largest absolute Gasteiger partial charge is 0.461 e. The summed E-state index contributed by atoms with van der Waals surface area (Å²) in [5, 5.41) is 0.437. The second-order valence-electron chi connectivity index (χ2n) is 6.73. The average molecular weight is 254 g/mol. The molecule has 3 aliphatic heterocycles. The molecule has 0 aromatic heterocycles. The van der Waals surface area contributed by atoms with E-state index in [4.69, 9.17) is 4.74 Å². The van der Waals surface area contributed by atoms with E-state index in [9.17, 15) is 4.79 Å². The molecule has 0 amide bonds. The molecule has 3 heteroatoms. The van der Waals surface area contributed by atoms with Crippen LogP contribution in [0.4, 0.5) is 0 Å². The van der Waals surface area contributed by atoms with E-state index in [1.54, 1.807) is 0 Å². The van der Waals surface area contributed by atoms with E-state index in [0.29, 0.717) is 28.9 Å². The molecule has 3 saturated heterocycles. The molecule has 0 saturated carbocycles. The van der Waals surface area contributed by atoms with Crippen LogP contribution in [0.15, 0.2) is 0 Å². The third-order valence-electron chi connectivity index (χ3n) is 5.09. The Morgan fingerprint density at radius 3 is 2.29 bits per heavy atom. The number of thioether (sulfide) groups is 1. The molecule has 3 fully saturated rings. The minimum atomic E-state index is 0.0816. The normalized spacial score (nSPS) is 51.7. The summed E-state index contributed by atoms with van der Waals surface area (Å²) in [7, 11) is 0. The van der Waals surface area contributed by atoms with E-state index in [1.165, 1.54) is 0 Å². The van der Waals surface area contributed by atoms with Gasteiger partial charge in [-0.1, -0.05) is 27.7 Å². The van der Waals surface area contributed by atoms with E-state index < -0.39 is 0 Å². The van der Waals surface area contributed by atoms with Crippen molar-refractivity contribution >= 4 is 17.7 Å². The van der Waals surface area contributed by atoms with Gasteiger partial charge in [0.1, 0.15) is 6.10 Å². The Balaban J connectivity index is 2.07. The number of hydrogen-bond acceptors (Lipinski definition) is 3. The number of hydrogen-bond donors (Lipinski definition) is 0. The molecule has 0 aromatic carbocycles. The van der Waals surface area contributed by atoms with Gasteiger partial charge in [0.2, 0.25) is 0 Å². The average Bonchev–Trinajstić information content (AvgIpc) is 2.69. The fourth-order valence-electron chi connectivity index (χ4n) is 4.86. The first-order valence-electron chi connectivity index (χ1n) is 6.76. The van der Waals surface area contributed by atoms with E-state index in [-0.39, 0.29) is 22.7 Å². The number of rotatable bonds is 2. The van der Waals surface area contributed by atoms with Gasteiger partial charge in [0, 0.05) is 10.7 Å². The van der Waals surface area contributed by atoms with Crippen LogP contribution in [0.1, 0.15) is 34.6 Å². The van der Waals surface area contributed by atoms with Crippen LogP contribution in [0.2, 0.25) is 0 Å². The topological polar surface area (TPSA) is 26.3 Å². The highest BCUT2D eigenvalue weighted by Gasteiger charge is 2.73. The maximum absolute atomic E-state index is 12.1. The van der Waals surface area contributed by atoms with Crippen LogP contribution in [0, 0.1) is 29.6 Å². The van der Waals surface area contributed by atoms with Gasteiger partial charge in [0.15, 0.2) is 0 Å². The highest BCUT2D eigenvalue weighted by atomic mass is 32.2. The van der Waals surface area contributed by atoms with Crippen LogP contribution in [0.5, 0.6) is 0 Å². The second kappa shape index (κ2) is 3.43. The molecule has 0 radical (unpaired) electrons. The SMILES string of the molecule is CC(C)C1C2OC(=O)C3C2SC1(C)C3C(C)C. The number of esters is 1. The molecule has 2 nitrogen and oxygen atoms in total. The first kappa shape index (κ1) is 11.9. The fraction of sp³-hybridized carbons (Fsp3) is 0.929. The molecule has 2 bridgehead atoms. The van der Waals surface area contributed by atoms with Crippen molar-refractivity contribution in [2.75, 3.05) is 0 Å². The summed E-state index contributed by atoms with van der Waals surface area (Å²) in [6.07, 6.45) is 0.192. The van der Waals surface area contributed by atoms with Gasteiger partial charge < -0.3 is 4.74 Å². The molecule has 17 heavy (non-hydrogen) atoms. The molecule has 96 valence electrons. The first-order chi connectivity index (χ1) is 7.88. The molecule has 3 rings (SSSR count). The Kier molecular flexibility index (Phi) is 2.40. The molecular formula is C14H22O2S. The summed E-state index contributed by atoms with van der Waals surface area (Å²) in [5.74, 6) is 2.44. The van der Waals surface area contributed by atoms with Gasteiger partial charge in [-0.25, -0.2) is 0 Å². The monoisotopic (exact) mass is 254 g/mol. The third-order valence-corrected chi connectivity index (χ3v) is 6.98. The molecular weight excluding hydrogens is 232 g/mol. The van der Waals surface area contributed by atoms with E-state index in [2.05, 4.69) is 34.6 Å². The van der Waals surface area contributed by atoms with Crippen molar-refractivity contribution in [3.05, 3.63) is 0 Å². The minimum Gasteiger partial charge on any atom is -0.461 e. The van der Waals surface area contributed by atoms with Gasteiger partial charge in [-0.05, 0) is 24.7 Å². The van der Waals surface area contributed by atoms with Crippen LogP contribution in [-0.2, 0) is 9.53 Å². The Morgan fingerprint density at radius 1 is 1.18 bits per heavy atom. The summed E-state index contributed by atoms with van der Waals surface area (Å²) < 4.78 is 5.94. The van der Waals surface area contributed by atoms with Crippen LogP contribution < -0.4 is 0 Å². The van der Waals surface area contributed by atoms with Crippen molar-refractivity contribution in [2.24, 2.45) is 29.6 Å². The zero-order chi connectivity index (χ0) is 12.5. The summed E-state index contributed by atoms with van der Waals surface area (Å²) in [6.45, 7) is 11.4. The second-order valence-corrected chi connectivity index (χ2v) is 8.39. The van der Waals surface area contributed by atoms with Crippen molar-refractivity contribution in [3.8, 4) is 0 Å². The lowest BCUT2D eigenvalue weighted by Crippen LogP contribution is -2.49. The van der Waals surface area contributed by atoms with E-state index in [0.717, 1.165) is 0 Å². The van der Waals surface area contributed by atoms with Gasteiger partial charge in [-0.2, -0.15) is 0 Å². The van der Waals surface area contributed by atoms with Crippen molar-refractivity contribution in [1.82, 2.24) is 0 Å². The van der Waals surface area contributed by atoms with Crippen molar-refractivity contribution < 1.29 is 9.53 Å². The van der Waals surface area contributed by atoms with Crippen LogP contribution >= 0.6 is 11.8 Å².